The van der Waals surface area contributed by atoms with Gasteiger partial charge in [0, 0.05) is 24.5 Å². The van der Waals surface area contributed by atoms with Gasteiger partial charge in [-0.1, -0.05) is 6.07 Å². The van der Waals surface area contributed by atoms with Gasteiger partial charge in [0.25, 0.3) is 0 Å². The van der Waals surface area contributed by atoms with E-state index in [0.717, 1.165) is 11.1 Å². The third-order valence-electron chi connectivity index (χ3n) is 3.28. The summed E-state index contributed by atoms with van der Waals surface area (Å²) in [5.41, 5.74) is 2.37. The molecule has 0 aliphatic carbocycles. The van der Waals surface area contributed by atoms with Crippen LogP contribution in [-0.2, 0) is 12.4 Å². The Kier molecular flexibility index (Phi) is 3.75. The van der Waals surface area contributed by atoms with Crippen LogP contribution in [0.5, 0.6) is 5.75 Å². The summed E-state index contributed by atoms with van der Waals surface area (Å²) in [5, 5.41) is 0. The van der Waals surface area contributed by atoms with Crippen LogP contribution in [0.1, 0.15) is 11.4 Å². The quantitative estimate of drug-likeness (QED) is 0.694. The number of halogens is 2. The standard InChI is InChI=1S/C15H13ClFN3O/c1-21-14-6-13-12(5-11(14)17)19-15(7-16)20(13)9-10-3-2-4-18-8-10/h2-6,8H,7,9H2,1H3. The van der Waals surface area contributed by atoms with E-state index in [4.69, 9.17) is 16.3 Å². The predicted molar refractivity (Wildman–Crippen MR) is 79.1 cm³/mol. The highest BCUT2D eigenvalue weighted by Crippen LogP contribution is 2.26. The molecule has 0 bridgehead atoms. The number of alkyl halides is 1. The third-order valence-corrected chi connectivity index (χ3v) is 3.52. The average molecular weight is 306 g/mol. The van der Waals surface area contributed by atoms with E-state index in [1.54, 1.807) is 18.5 Å². The zero-order valence-corrected chi connectivity index (χ0v) is 12.1. The SMILES string of the molecule is COc1cc2c(cc1F)nc(CCl)n2Cc1cccnc1. The van der Waals surface area contributed by atoms with Gasteiger partial charge in [0.1, 0.15) is 5.82 Å². The Balaban J connectivity index is 2.15. The fourth-order valence-corrected chi connectivity index (χ4v) is 2.49. The molecule has 0 aliphatic heterocycles. The predicted octanol–water partition coefficient (Wildman–Crippen LogP) is 3.37. The minimum absolute atomic E-state index is 0.191. The van der Waals surface area contributed by atoms with Crippen molar-refractivity contribution in [3.8, 4) is 5.75 Å². The second-order valence-electron chi connectivity index (χ2n) is 4.58. The number of ether oxygens (including phenoxy) is 1. The first-order valence-corrected chi connectivity index (χ1v) is 6.94. The molecule has 2 heterocycles. The molecule has 0 unspecified atom stereocenters. The van der Waals surface area contributed by atoms with E-state index >= 15 is 0 Å². The number of fused-ring (bicyclic) bond motifs is 1. The van der Waals surface area contributed by atoms with Crippen LogP contribution in [0.4, 0.5) is 4.39 Å². The molecular formula is C15H13ClFN3O. The van der Waals surface area contributed by atoms with Crippen molar-refractivity contribution in [2.75, 3.05) is 7.11 Å². The van der Waals surface area contributed by atoms with Crippen LogP contribution >= 0.6 is 11.6 Å². The van der Waals surface area contributed by atoms with Gasteiger partial charge in [-0.05, 0) is 11.6 Å². The van der Waals surface area contributed by atoms with E-state index in [2.05, 4.69) is 9.97 Å². The van der Waals surface area contributed by atoms with Crippen LogP contribution in [0, 0.1) is 5.82 Å². The Morgan fingerprint density at radius 3 is 2.90 bits per heavy atom. The maximum atomic E-state index is 13.8. The lowest BCUT2D eigenvalue weighted by Crippen LogP contribution is -2.04. The van der Waals surface area contributed by atoms with Crippen molar-refractivity contribution >= 4 is 22.6 Å². The van der Waals surface area contributed by atoms with Crippen molar-refractivity contribution in [3.05, 3.63) is 53.9 Å². The number of pyridine rings is 1. The zero-order valence-electron chi connectivity index (χ0n) is 11.4. The molecule has 1 aromatic carbocycles. The normalized spacial score (nSPS) is 11.0. The van der Waals surface area contributed by atoms with Crippen LogP contribution in [0.3, 0.4) is 0 Å². The Morgan fingerprint density at radius 1 is 1.38 bits per heavy atom. The van der Waals surface area contributed by atoms with Gasteiger partial charge in [0.15, 0.2) is 11.6 Å². The maximum absolute atomic E-state index is 13.8. The van der Waals surface area contributed by atoms with Gasteiger partial charge in [-0.25, -0.2) is 9.37 Å². The van der Waals surface area contributed by atoms with E-state index in [9.17, 15) is 4.39 Å². The highest BCUT2D eigenvalue weighted by Gasteiger charge is 2.14. The summed E-state index contributed by atoms with van der Waals surface area (Å²) in [7, 11) is 1.44. The number of hydrogen-bond acceptors (Lipinski definition) is 3. The van der Waals surface area contributed by atoms with Gasteiger partial charge in [-0.3, -0.25) is 4.98 Å². The Bertz CT molecular complexity index is 773. The number of methoxy groups -OCH3 is 1. The second kappa shape index (κ2) is 5.69. The van der Waals surface area contributed by atoms with E-state index < -0.39 is 5.82 Å². The monoisotopic (exact) mass is 305 g/mol. The number of imidazole rings is 1. The van der Waals surface area contributed by atoms with Crippen molar-refractivity contribution in [2.24, 2.45) is 0 Å². The maximum Gasteiger partial charge on any atom is 0.167 e. The first kappa shape index (κ1) is 13.8. The van der Waals surface area contributed by atoms with E-state index in [1.807, 2.05) is 16.7 Å². The lowest BCUT2D eigenvalue weighted by Gasteiger charge is -2.08. The molecule has 4 nitrogen and oxygen atoms in total. The Labute approximate surface area is 126 Å². The molecule has 0 saturated carbocycles. The highest BCUT2D eigenvalue weighted by atomic mass is 35.5. The smallest absolute Gasteiger partial charge is 0.167 e. The largest absolute Gasteiger partial charge is 0.494 e. The summed E-state index contributed by atoms with van der Waals surface area (Å²) in [4.78, 5) is 8.48. The van der Waals surface area contributed by atoms with Crippen molar-refractivity contribution in [3.63, 3.8) is 0 Å². The van der Waals surface area contributed by atoms with Crippen LogP contribution in [0.15, 0.2) is 36.7 Å². The molecule has 0 N–H and O–H groups in total. The van der Waals surface area contributed by atoms with E-state index in [0.29, 0.717) is 17.9 Å². The fraction of sp³-hybridized carbons (Fsp3) is 0.200. The van der Waals surface area contributed by atoms with Crippen LogP contribution in [0.25, 0.3) is 11.0 Å². The number of aromatic nitrogens is 3. The van der Waals surface area contributed by atoms with Gasteiger partial charge in [-0.15, -0.1) is 11.6 Å². The lowest BCUT2D eigenvalue weighted by atomic mass is 10.2. The zero-order chi connectivity index (χ0) is 14.8. The first-order valence-electron chi connectivity index (χ1n) is 6.40. The number of rotatable bonds is 4. The molecule has 0 spiro atoms. The topological polar surface area (TPSA) is 39.9 Å². The molecule has 0 radical (unpaired) electrons. The van der Waals surface area contributed by atoms with Crippen molar-refractivity contribution in [1.82, 2.24) is 14.5 Å². The van der Waals surface area contributed by atoms with Gasteiger partial charge in [0.2, 0.25) is 0 Å². The van der Waals surface area contributed by atoms with Crippen LogP contribution < -0.4 is 4.74 Å². The lowest BCUT2D eigenvalue weighted by molar-refractivity contribution is 0.387. The molecule has 0 atom stereocenters. The molecule has 2 aromatic heterocycles. The number of benzene rings is 1. The summed E-state index contributed by atoms with van der Waals surface area (Å²) in [6.45, 7) is 0.571. The summed E-state index contributed by atoms with van der Waals surface area (Å²) >= 11 is 5.96. The molecule has 0 aliphatic rings. The minimum atomic E-state index is -0.433. The molecule has 108 valence electrons. The first-order chi connectivity index (χ1) is 10.2. The van der Waals surface area contributed by atoms with Gasteiger partial charge >= 0.3 is 0 Å². The molecule has 21 heavy (non-hydrogen) atoms. The van der Waals surface area contributed by atoms with E-state index in [1.165, 1.54) is 13.2 Å². The van der Waals surface area contributed by atoms with Gasteiger partial charge in [-0.2, -0.15) is 0 Å². The molecule has 3 aromatic rings. The summed E-state index contributed by atoms with van der Waals surface area (Å²) in [5.74, 6) is 0.690. The van der Waals surface area contributed by atoms with Crippen LogP contribution in [0.2, 0.25) is 0 Å². The summed E-state index contributed by atoms with van der Waals surface area (Å²) < 4.78 is 20.8. The number of hydrogen-bond donors (Lipinski definition) is 0. The second-order valence-corrected chi connectivity index (χ2v) is 4.85. The van der Waals surface area contributed by atoms with Crippen molar-refractivity contribution in [1.29, 1.82) is 0 Å². The van der Waals surface area contributed by atoms with Crippen molar-refractivity contribution in [2.45, 2.75) is 12.4 Å². The average Bonchev–Trinajstić information content (AvgIpc) is 2.84. The fourth-order valence-electron chi connectivity index (χ4n) is 2.29. The Hall–Kier alpha value is -2.14. The number of nitrogens with zero attached hydrogens (tertiary/aromatic N) is 3. The van der Waals surface area contributed by atoms with Gasteiger partial charge in [0.05, 0.1) is 30.6 Å². The summed E-state index contributed by atoms with van der Waals surface area (Å²) in [6, 6.07) is 6.85. The third kappa shape index (κ3) is 2.56. The minimum Gasteiger partial charge on any atom is -0.494 e. The molecule has 6 heteroatoms. The molecule has 0 amide bonds. The molecule has 0 fully saturated rings. The highest BCUT2D eigenvalue weighted by molar-refractivity contribution is 6.16. The molecule has 3 rings (SSSR count). The van der Waals surface area contributed by atoms with Crippen molar-refractivity contribution < 1.29 is 9.13 Å². The molecular weight excluding hydrogens is 293 g/mol. The summed E-state index contributed by atoms with van der Waals surface area (Å²) in [6.07, 6.45) is 3.50. The Morgan fingerprint density at radius 2 is 2.24 bits per heavy atom. The van der Waals surface area contributed by atoms with Gasteiger partial charge < -0.3 is 9.30 Å². The van der Waals surface area contributed by atoms with E-state index in [-0.39, 0.29) is 11.6 Å². The molecule has 0 saturated heterocycles. The van der Waals surface area contributed by atoms with Crippen LogP contribution in [-0.4, -0.2) is 21.6 Å².